The number of benzene rings is 2. The maximum absolute atomic E-state index is 13.1. The van der Waals surface area contributed by atoms with E-state index in [9.17, 15) is 9.59 Å². The quantitative estimate of drug-likeness (QED) is 0.672. The summed E-state index contributed by atoms with van der Waals surface area (Å²) in [5.41, 5.74) is 3.12. The van der Waals surface area contributed by atoms with Crippen LogP contribution >= 0.6 is 11.6 Å². The van der Waals surface area contributed by atoms with E-state index in [4.69, 9.17) is 11.6 Å². The minimum absolute atomic E-state index is 0.0430. The Kier molecular flexibility index (Phi) is 8.52. The minimum Gasteiger partial charge on any atom is -0.355 e. The van der Waals surface area contributed by atoms with Crippen molar-refractivity contribution >= 4 is 23.4 Å². The second kappa shape index (κ2) is 10.9. The molecule has 0 heterocycles. The van der Waals surface area contributed by atoms with E-state index in [2.05, 4.69) is 5.32 Å². The summed E-state index contributed by atoms with van der Waals surface area (Å²) in [4.78, 5) is 27.4. The Hall–Kier alpha value is -2.33. The molecule has 0 radical (unpaired) electrons. The third-order valence-electron chi connectivity index (χ3n) is 4.78. The molecule has 2 rings (SSSR count). The third-order valence-corrected chi connectivity index (χ3v) is 5.15. The predicted octanol–water partition coefficient (Wildman–Crippen LogP) is 4.52. The Bertz CT molecular complexity index is 789. The summed E-state index contributed by atoms with van der Waals surface area (Å²) in [5.74, 6) is -0.151. The Morgan fingerprint density at radius 1 is 1.07 bits per heavy atom. The number of hydrogen-bond donors (Lipinski definition) is 1. The lowest BCUT2D eigenvalue weighted by atomic mass is 10.1. The van der Waals surface area contributed by atoms with Crippen LogP contribution in [0.4, 0.5) is 0 Å². The molecule has 2 amide bonds. The van der Waals surface area contributed by atoms with Gasteiger partial charge in [-0.1, -0.05) is 66.6 Å². The molecule has 0 aliphatic carbocycles. The van der Waals surface area contributed by atoms with Crippen molar-refractivity contribution in [3.63, 3.8) is 0 Å². The summed E-state index contributed by atoms with van der Waals surface area (Å²) >= 11 is 6.22. The minimum atomic E-state index is -0.486. The standard InChI is InChI=1S/C23H29ClN2O2/c1-4-21(23(28)25-5-2)26(16-18-12-10-17(3)11-13-18)22(27)15-14-19-8-6-7-9-20(19)24/h6-13,21H,4-5,14-16H2,1-3H3,(H,25,28)/t21-/m1/s1. The maximum atomic E-state index is 13.1. The molecule has 1 N–H and O–H groups in total. The number of nitrogens with one attached hydrogen (secondary N) is 1. The van der Waals surface area contributed by atoms with Crippen LogP contribution in [-0.4, -0.2) is 29.3 Å². The van der Waals surface area contributed by atoms with Crippen LogP contribution in [0.3, 0.4) is 0 Å². The summed E-state index contributed by atoms with van der Waals surface area (Å²) in [6.07, 6.45) is 1.43. The molecular weight excluding hydrogens is 372 g/mol. The Morgan fingerprint density at radius 2 is 1.75 bits per heavy atom. The summed E-state index contributed by atoms with van der Waals surface area (Å²) in [5, 5.41) is 3.52. The number of aryl methyl sites for hydroxylation is 2. The first-order valence-corrected chi connectivity index (χ1v) is 10.2. The molecule has 1 atom stereocenters. The van der Waals surface area contributed by atoms with E-state index in [1.54, 1.807) is 4.90 Å². The molecule has 5 heteroatoms. The zero-order chi connectivity index (χ0) is 20.5. The first-order chi connectivity index (χ1) is 13.5. The molecule has 2 aromatic carbocycles. The highest BCUT2D eigenvalue weighted by Gasteiger charge is 2.28. The SMILES string of the molecule is CCNC(=O)[C@@H](CC)N(Cc1ccc(C)cc1)C(=O)CCc1ccccc1Cl. The fourth-order valence-corrected chi connectivity index (χ4v) is 3.42. The maximum Gasteiger partial charge on any atom is 0.242 e. The summed E-state index contributed by atoms with van der Waals surface area (Å²) in [6.45, 7) is 6.80. The molecule has 0 saturated carbocycles. The Balaban J connectivity index is 2.19. The van der Waals surface area contributed by atoms with Gasteiger partial charge in [-0.05, 0) is 43.9 Å². The number of halogens is 1. The molecule has 150 valence electrons. The molecule has 0 unspecified atom stereocenters. The van der Waals surface area contributed by atoms with Crippen molar-refractivity contribution in [1.29, 1.82) is 0 Å². The lowest BCUT2D eigenvalue weighted by Gasteiger charge is -2.30. The van der Waals surface area contributed by atoms with Gasteiger partial charge in [-0.15, -0.1) is 0 Å². The van der Waals surface area contributed by atoms with Crippen molar-refractivity contribution in [1.82, 2.24) is 10.2 Å². The van der Waals surface area contributed by atoms with Gasteiger partial charge in [-0.3, -0.25) is 9.59 Å². The molecular formula is C23H29ClN2O2. The smallest absolute Gasteiger partial charge is 0.242 e. The van der Waals surface area contributed by atoms with Gasteiger partial charge in [0, 0.05) is 24.5 Å². The highest BCUT2D eigenvalue weighted by atomic mass is 35.5. The van der Waals surface area contributed by atoms with Crippen molar-refractivity contribution < 1.29 is 9.59 Å². The monoisotopic (exact) mass is 400 g/mol. The van der Waals surface area contributed by atoms with E-state index in [-0.39, 0.29) is 11.8 Å². The van der Waals surface area contributed by atoms with Crippen LogP contribution in [0, 0.1) is 6.92 Å². The zero-order valence-corrected chi connectivity index (χ0v) is 17.6. The first-order valence-electron chi connectivity index (χ1n) is 9.82. The van der Waals surface area contributed by atoms with E-state index in [0.717, 1.165) is 16.7 Å². The predicted molar refractivity (Wildman–Crippen MR) is 114 cm³/mol. The van der Waals surface area contributed by atoms with Gasteiger partial charge < -0.3 is 10.2 Å². The van der Waals surface area contributed by atoms with Crippen LogP contribution in [-0.2, 0) is 22.6 Å². The molecule has 28 heavy (non-hydrogen) atoms. The molecule has 0 fully saturated rings. The van der Waals surface area contributed by atoms with Crippen molar-refractivity contribution in [3.05, 3.63) is 70.2 Å². The molecule has 2 aromatic rings. The number of amides is 2. The first kappa shape index (κ1) is 22.0. The number of carbonyl (C=O) groups is 2. The van der Waals surface area contributed by atoms with Crippen molar-refractivity contribution in [2.75, 3.05) is 6.54 Å². The highest BCUT2D eigenvalue weighted by molar-refractivity contribution is 6.31. The van der Waals surface area contributed by atoms with Crippen LogP contribution in [0.5, 0.6) is 0 Å². The van der Waals surface area contributed by atoms with Gasteiger partial charge in [0.15, 0.2) is 0 Å². The number of carbonyl (C=O) groups excluding carboxylic acids is 2. The van der Waals surface area contributed by atoms with E-state index in [1.165, 1.54) is 0 Å². The topological polar surface area (TPSA) is 49.4 Å². The number of rotatable bonds is 9. The van der Waals surface area contributed by atoms with Crippen molar-refractivity contribution in [2.24, 2.45) is 0 Å². The highest BCUT2D eigenvalue weighted by Crippen LogP contribution is 2.19. The van der Waals surface area contributed by atoms with Crippen LogP contribution in [0.2, 0.25) is 5.02 Å². The van der Waals surface area contributed by atoms with Crippen LogP contribution in [0.25, 0.3) is 0 Å². The third kappa shape index (κ3) is 6.10. The average Bonchev–Trinajstić information content (AvgIpc) is 2.68. The molecule has 0 saturated heterocycles. The van der Waals surface area contributed by atoms with Gasteiger partial charge in [0.2, 0.25) is 11.8 Å². The van der Waals surface area contributed by atoms with Gasteiger partial charge >= 0.3 is 0 Å². The normalized spacial score (nSPS) is 11.7. The molecule has 0 bridgehead atoms. The van der Waals surface area contributed by atoms with Crippen molar-refractivity contribution in [2.45, 2.75) is 52.6 Å². The molecule has 0 spiro atoms. The lowest BCUT2D eigenvalue weighted by molar-refractivity contribution is -0.141. The fraction of sp³-hybridized carbons (Fsp3) is 0.391. The summed E-state index contributed by atoms with van der Waals surface area (Å²) < 4.78 is 0. The zero-order valence-electron chi connectivity index (χ0n) is 16.9. The van der Waals surface area contributed by atoms with E-state index < -0.39 is 6.04 Å². The van der Waals surface area contributed by atoms with Gasteiger partial charge in [-0.2, -0.15) is 0 Å². The molecule has 4 nitrogen and oxygen atoms in total. The van der Waals surface area contributed by atoms with Crippen LogP contribution in [0.15, 0.2) is 48.5 Å². The molecule has 0 aliphatic heterocycles. The molecule has 0 aromatic heterocycles. The number of likely N-dealkylation sites (N-methyl/N-ethyl adjacent to an activating group) is 1. The summed E-state index contributed by atoms with van der Waals surface area (Å²) in [6, 6.07) is 15.1. The fourth-order valence-electron chi connectivity index (χ4n) is 3.19. The number of nitrogens with zero attached hydrogens (tertiary/aromatic N) is 1. The van der Waals surface area contributed by atoms with Gasteiger partial charge in [-0.25, -0.2) is 0 Å². The second-order valence-corrected chi connectivity index (χ2v) is 7.32. The summed E-state index contributed by atoms with van der Waals surface area (Å²) in [7, 11) is 0. The van der Waals surface area contributed by atoms with E-state index in [0.29, 0.717) is 37.4 Å². The van der Waals surface area contributed by atoms with Gasteiger partial charge in [0.25, 0.3) is 0 Å². The van der Waals surface area contributed by atoms with Crippen LogP contribution in [0.1, 0.15) is 43.4 Å². The van der Waals surface area contributed by atoms with Crippen molar-refractivity contribution in [3.8, 4) is 0 Å². The average molecular weight is 401 g/mol. The lowest BCUT2D eigenvalue weighted by Crippen LogP contribution is -2.49. The van der Waals surface area contributed by atoms with Gasteiger partial charge in [0.05, 0.1) is 0 Å². The van der Waals surface area contributed by atoms with Gasteiger partial charge in [0.1, 0.15) is 6.04 Å². The Morgan fingerprint density at radius 3 is 2.36 bits per heavy atom. The van der Waals surface area contributed by atoms with E-state index in [1.807, 2.05) is 69.3 Å². The second-order valence-electron chi connectivity index (χ2n) is 6.92. The molecule has 0 aliphatic rings. The largest absolute Gasteiger partial charge is 0.355 e. The van der Waals surface area contributed by atoms with E-state index >= 15 is 0 Å². The number of hydrogen-bond acceptors (Lipinski definition) is 2. The van der Waals surface area contributed by atoms with Crippen LogP contribution < -0.4 is 5.32 Å². The Labute approximate surface area is 172 Å².